The van der Waals surface area contributed by atoms with Crippen molar-refractivity contribution in [2.24, 2.45) is 0 Å². The lowest BCUT2D eigenvalue weighted by molar-refractivity contribution is 0.589. The Morgan fingerprint density at radius 1 is 1.32 bits per heavy atom. The molecule has 1 aromatic heterocycles. The Balaban J connectivity index is 2.54. The van der Waals surface area contributed by atoms with Gasteiger partial charge in [0.25, 0.3) is 5.56 Å². The van der Waals surface area contributed by atoms with E-state index in [4.69, 9.17) is 0 Å². The molecule has 2 aromatic rings. The molecule has 0 N–H and O–H groups in total. The zero-order valence-corrected chi connectivity index (χ0v) is 12.4. The first-order valence-corrected chi connectivity index (χ1v) is 6.85. The maximum absolute atomic E-state index is 13.1. The monoisotopic (exact) mass is 374 g/mol. The summed E-state index contributed by atoms with van der Waals surface area (Å²) in [6, 6.07) is 5.89. The van der Waals surface area contributed by atoms with Gasteiger partial charge in [-0.2, -0.15) is 0 Å². The van der Waals surface area contributed by atoms with Crippen molar-refractivity contribution < 1.29 is 4.39 Å². The molecule has 0 saturated heterocycles. The largest absolute Gasteiger partial charge is 0.331 e. The predicted molar refractivity (Wildman–Crippen MR) is 78.9 cm³/mol. The molecule has 6 heteroatoms. The first-order valence-electron chi connectivity index (χ1n) is 5.77. The van der Waals surface area contributed by atoms with Crippen LogP contribution in [-0.4, -0.2) is 9.13 Å². The second-order valence-corrected chi connectivity index (χ2v) is 5.23. The summed E-state index contributed by atoms with van der Waals surface area (Å²) < 4.78 is 16.2. The van der Waals surface area contributed by atoms with Gasteiger partial charge in [0.1, 0.15) is 5.82 Å². The van der Waals surface area contributed by atoms with Gasteiger partial charge in [0.2, 0.25) is 0 Å². The SMILES string of the molecule is CCn1cc(I)c(=O)n(Cc2cccc(F)c2)c1=O. The fourth-order valence-corrected chi connectivity index (χ4v) is 2.43. The van der Waals surface area contributed by atoms with E-state index in [0.717, 1.165) is 4.57 Å². The zero-order chi connectivity index (χ0) is 14.0. The van der Waals surface area contributed by atoms with Gasteiger partial charge in [-0.3, -0.25) is 13.9 Å². The highest BCUT2D eigenvalue weighted by Crippen LogP contribution is 2.04. The van der Waals surface area contributed by atoms with Gasteiger partial charge in [-0.05, 0) is 47.2 Å². The summed E-state index contributed by atoms with van der Waals surface area (Å²) >= 11 is 1.90. The molecule has 1 heterocycles. The molecule has 2 rings (SSSR count). The number of rotatable bonds is 3. The summed E-state index contributed by atoms with van der Waals surface area (Å²) in [5.41, 5.74) is -0.138. The van der Waals surface area contributed by atoms with Crippen molar-refractivity contribution >= 4 is 22.6 Å². The highest BCUT2D eigenvalue weighted by atomic mass is 127. The number of aromatic nitrogens is 2. The molecule has 0 spiro atoms. The minimum atomic E-state index is -0.382. The number of benzene rings is 1. The van der Waals surface area contributed by atoms with Gasteiger partial charge in [-0.1, -0.05) is 12.1 Å². The molecule has 0 aliphatic rings. The molecular weight excluding hydrogens is 362 g/mol. The Bertz CT molecular complexity index is 721. The van der Waals surface area contributed by atoms with Crippen LogP contribution in [0.5, 0.6) is 0 Å². The Morgan fingerprint density at radius 3 is 2.68 bits per heavy atom. The highest BCUT2D eigenvalue weighted by Gasteiger charge is 2.09. The van der Waals surface area contributed by atoms with Crippen LogP contribution in [0.15, 0.2) is 40.1 Å². The Hall–Kier alpha value is -1.44. The van der Waals surface area contributed by atoms with E-state index in [1.165, 1.54) is 22.9 Å². The van der Waals surface area contributed by atoms with Crippen LogP contribution in [0, 0.1) is 9.39 Å². The number of hydrogen-bond donors (Lipinski definition) is 0. The van der Waals surface area contributed by atoms with E-state index in [1.54, 1.807) is 12.1 Å². The van der Waals surface area contributed by atoms with Gasteiger partial charge >= 0.3 is 5.69 Å². The summed E-state index contributed by atoms with van der Waals surface area (Å²) in [6.45, 7) is 2.39. The van der Waals surface area contributed by atoms with Crippen LogP contribution in [0.25, 0.3) is 0 Å². The summed E-state index contributed by atoms with van der Waals surface area (Å²) in [4.78, 5) is 24.1. The van der Waals surface area contributed by atoms with E-state index in [2.05, 4.69) is 0 Å². The van der Waals surface area contributed by atoms with Crippen molar-refractivity contribution in [3.8, 4) is 0 Å². The topological polar surface area (TPSA) is 44.0 Å². The molecule has 0 atom stereocenters. The summed E-state index contributed by atoms with van der Waals surface area (Å²) in [7, 11) is 0. The molecule has 100 valence electrons. The Kier molecular flexibility index (Phi) is 4.18. The van der Waals surface area contributed by atoms with Crippen LogP contribution in [0.1, 0.15) is 12.5 Å². The number of hydrogen-bond acceptors (Lipinski definition) is 2. The second-order valence-electron chi connectivity index (χ2n) is 4.07. The molecule has 0 bridgehead atoms. The molecule has 1 aromatic carbocycles. The van der Waals surface area contributed by atoms with Crippen molar-refractivity contribution in [2.45, 2.75) is 20.0 Å². The lowest BCUT2D eigenvalue weighted by Gasteiger charge is -2.09. The molecule has 0 fully saturated rings. The average Bonchev–Trinajstić information content (AvgIpc) is 2.39. The minimum Gasteiger partial charge on any atom is -0.300 e. The van der Waals surface area contributed by atoms with E-state index in [0.29, 0.717) is 15.7 Å². The predicted octanol–water partition coefficient (Wildman–Crippen LogP) is 1.82. The van der Waals surface area contributed by atoms with Gasteiger partial charge in [-0.15, -0.1) is 0 Å². The third-order valence-electron chi connectivity index (χ3n) is 2.77. The van der Waals surface area contributed by atoms with Crippen molar-refractivity contribution in [3.05, 3.63) is 66.3 Å². The normalized spacial score (nSPS) is 10.7. The zero-order valence-electron chi connectivity index (χ0n) is 10.3. The molecule has 4 nitrogen and oxygen atoms in total. The summed E-state index contributed by atoms with van der Waals surface area (Å²) in [6.07, 6.45) is 1.54. The fraction of sp³-hybridized carbons (Fsp3) is 0.231. The molecule has 0 radical (unpaired) electrons. The van der Waals surface area contributed by atoms with Crippen LogP contribution in [0.3, 0.4) is 0 Å². The van der Waals surface area contributed by atoms with E-state index in [-0.39, 0.29) is 23.6 Å². The lowest BCUT2D eigenvalue weighted by Crippen LogP contribution is -2.40. The van der Waals surface area contributed by atoms with Crippen LogP contribution >= 0.6 is 22.6 Å². The number of aryl methyl sites for hydroxylation is 1. The third kappa shape index (κ3) is 2.94. The number of nitrogens with zero attached hydrogens (tertiary/aromatic N) is 2. The van der Waals surface area contributed by atoms with Crippen LogP contribution in [0.4, 0.5) is 4.39 Å². The van der Waals surface area contributed by atoms with E-state index in [9.17, 15) is 14.0 Å². The van der Waals surface area contributed by atoms with Gasteiger partial charge < -0.3 is 0 Å². The van der Waals surface area contributed by atoms with Crippen LogP contribution in [0.2, 0.25) is 0 Å². The van der Waals surface area contributed by atoms with Gasteiger partial charge in [0, 0.05) is 12.7 Å². The molecule has 0 saturated carbocycles. The smallest absolute Gasteiger partial charge is 0.300 e. The lowest BCUT2D eigenvalue weighted by atomic mass is 10.2. The molecular formula is C13H12FIN2O2. The fourth-order valence-electron chi connectivity index (χ4n) is 1.80. The van der Waals surface area contributed by atoms with Crippen molar-refractivity contribution in [1.82, 2.24) is 9.13 Å². The van der Waals surface area contributed by atoms with Gasteiger partial charge in [-0.25, -0.2) is 9.18 Å². The molecule has 0 unspecified atom stereocenters. The van der Waals surface area contributed by atoms with Crippen molar-refractivity contribution in [1.29, 1.82) is 0 Å². The Labute approximate surface area is 122 Å². The van der Waals surface area contributed by atoms with Crippen LogP contribution in [-0.2, 0) is 13.1 Å². The third-order valence-corrected chi connectivity index (χ3v) is 3.51. The van der Waals surface area contributed by atoms with Gasteiger partial charge in [0.05, 0.1) is 10.1 Å². The molecule has 0 aliphatic carbocycles. The van der Waals surface area contributed by atoms with Crippen LogP contribution < -0.4 is 11.2 Å². The minimum absolute atomic E-state index is 0.0757. The quantitative estimate of drug-likeness (QED) is 0.770. The molecule has 19 heavy (non-hydrogen) atoms. The van der Waals surface area contributed by atoms with Gasteiger partial charge in [0.15, 0.2) is 0 Å². The second kappa shape index (κ2) is 5.68. The maximum atomic E-state index is 13.1. The first-order chi connectivity index (χ1) is 9.02. The van der Waals surface area contributed by atoms with Crippen molar-refractivity contribution in [3.63, 3.8) is 0 Å². The van der Waals surface area contributed by atoms with E-state index in [1.807, 2.05) is 29.5 Å². The number of halogens is 2. The Morgan fingerprint density at radius 2 is 2.05 bits per heavy atom. The van der Waals surface area contributed by atoms with Crippen molar-refractivity contribution in [2.75, 3.05) is 0 Å². The van der Waals surface area contributed by atoms with E-state index >= 15 is 0 Å². The highest BCUT2D eigenvalue weighted by molar-refractivity contribution is 14.1. The molecule has 0 amide bonds. The standard InChI is InChI=1S/C13H12FIN2O2/c1-2-16-8-11(15)12(18)17(13(16)19)7-9-4-3-5-10(14)6-9/h3-6,8H,2,7H2,1H3. The summed E-state index contributed by atoms with van der Waals surface area (Å²) in [5.74, 6) is -0.382. The maximum Gasteiger partial charge on any atom is 0.331 e. The summed E-state index contributed by atoms with van der Waals surface area (Å²) in [5, 5.41) is 0. The first kappa shape index (κ1) is 14.0. The average molecular weight is 374 g/mol. The van der Waals surface area contributed by atoms with E-state index < -0.39 is 0 Å². The molecule has 0 aliphatic heterocycles.